The maximum absolute atomic E-state index is 11.8. The molecule has 1 spiro atoms. The number of hydrogen-bond donors (Lipinski definition) is 0. The number of ketones is 1. The van der Waals surface area contributed by atoms with Crippen LogP contribution in [0.25, 0.3) is 0 Å². The van der Waals surface area contributed by atoms with Gasteiger partial charge in [0.25, 0.3) is 0 Å². The van der Waals surface area contributed by atoms with E-state index >= 15 is 0 Å². The summed E-state index contributed by atoms with van der Waals surface area (Å²) in [5.41, 5.74) is -0.0726. The van der Waals surface area contributed by atoms with Crippen LogP contribution in [-0.2, 0) is 14.3 Å². The largest absolute Gasteiger partial charge is 0.378 e. The molecule has 4 atom stereocenters. The predicted octanol–water partition coefficient (Wildman–Crippen LogP) is 1.30. The summed E-state index contributed by atoms with van der Waals surface area (Å²) < 4.78 is 11.3. The molecular weight excluding hydrogens is 180 g/mol. The topological polar surface area (TPSA) is 35.5 Å². The van der Waals surface area contributed by atoms with Gasteiger partial charge in [0.1, 0.15) is 6.10 Å². The molecule has 0 aromatic carbocycles. The molecule has 0 aromatic heterocycles. The van der Waals surface area contributed by atoms with E-state index in [0.717, 1.165) is 12.8 Å². The molecule has 2 bridgehead atoms. The van der Waals surface area contributed by atoms with Crippen molar-refractivity contribution in [2.45, 2.75) is 49.9 Å². The molecule has 2 heterocycles. The second-order valence-electron chi connectivity index (χ2n) is 4.85. The van der Waals surface area contributed by atoms with Crippen LogP contribution in [0, 0.1) is 5.92 Å². The third-order valence-corrected chi connectivity index (χ3v) is 4.21. The second-order valence-corrected chi connectivity index (χ2v) is 4.85. The highest BCUT2D eigenvalue weighted by Crippen LogP contribution is 2.52. The van der Waals surface area contributed by atoms with Crippen LogP contribution in [0.4, 0.5) is 0 Å². The maximum Gasteiger partial charge on any atom is 0.167 e. The van der Waals surface area contributed by atoms with Crippen molar-refractivity contribution in [1.82, 2.24) is 0 Å². The predicted molar refractivity (Wildman–Crippen MR) is 50.0 cm³/mol. The minimum absolute atomic E-state index is 0.0150. The van der Waals surface area contributed by atoms with E-state index in [9.17, 15) is 4.79 Å². The van der Waals surface area contributed by atoms with Gasteiger partial charge in [0, 0.05) is 13.5 Å². The zero-order valence-corrected chi connectivity index (χ0v) is 8.49. The third kappa shape index (κ3) is 0.971. The first kappa shape index (κ1) is 8.86. The summed E-state index contributed by atoms with van der Waals surface area (Å²) in [5.74, 6) is 0.830. The van der Waals surface area contributed by atoms with Crippen LogP contribution >= 0.6 is 0 Å². The molecule has 3 fully saturated rings. The van der Waals surface area contributed by atoms with E-state index in [2.05, 4.69) is 0 Å². The van der Waals surface area contributed by atoms with Gasteiger partial charge < -0.3 is 9.47 Å². The molecule has 14 heavy (non-hydrogen) atoms. The number of methoxy groups -OCH3 is 1. The molecule has 2 aliphatic heterocycles. The number of fused-ring (bicyclic) bond motifs is 1. The molecule has 0 unspecified atom stereocenters. The van der Waals surface area contributed by atoms with Crippen molar-refractivity contribution in [2.24, 2.45) is 5.92 Å². The fourth-order valence-corrected chi connectivity index (χ4v) is 3.50. The van der Waals surface area contributed by atoms with Crippen molar-refractivity contribution in [2.75, 3.05) is 7.11 Å². The van der Waals surface area contributed by atoms with Gasteiger partial charge in [0.15, 0.2) is 5.78 Å². The average Bonchev–Trinajstić information content (AvgIpc) is 2.69. The van der Waals surface area contributed by atoms with Crippen LogP contribution in [0.2, 0.25) is 0 Å². The Labute approximate surface area is 83.8 Å². The van der Waals surface area contributed by atoms with Crippen molar-refractivity contribution in [1.29, 1.82) is 0 Å². The normalized spacial score (nSPS) is 50.9. The van der Waals surface area contributed by atoms with Gasteiger partial charge >= 0.3 is 0 Å². The lowest BCUT2D eigenvalue weighted by Crippen LogP contribution is -2.45. The fraction of sp³-hybridized carbons (Fsp3) is 0.909. The standard InChI is InChI=1S/C11H16O3/c1-13-9-5-7-3-2-4-11(7)6-8(12)10(9)14-11/h7,9-10H,2-6H2,1H3/t7-,9-,10-,11+/m1/s1. The smallest absolute Gasteiger partial charge is 0.167 e. The van der Waals surface area contributed by atoms with Crippen molar-refractivity contribution >= 4 is 5.78 Å². The molecule has 0 amide bonds. The van der Waals surface area contributed by atoms with Crippen molar-refractivity contribution < 1.29 is 14.3 Å². The number of Topliss-reactive ketones (excluding diaryl/α,β-unsaturated/α-hetero) is 1. The molecule has 0 radical (unpaired) electrons. The van der Waals surface area contributed by atoms with Crippen LogP contribution in [0.5, 0.6) is 0 Å². The molecular formula is C11H16O3. The van der Waals surface area contributed by atoms with Gasteiger partial charge in [-0.3, -0.25) is 4.79 Å². The Morgan fingerprint density at radius 2 is 2.43 bits per heavy atom. The van der Waals surface area contributed by atoms with Crippen LogP contribution in [0.3, 0.4) is 0 Å². The number of ether oxygens (including phenoxy) is 2. The summed E-state index contributed by atoms with van der Waals surface area (Å²) >= 11 is 0. The molecule has 1 saturated carbocycles. The van der Waals surface area contributed by atoms with Crippen LogP contribution in [0.15, 0.2) is 0 Å². The number of hydrogen-bond acceptors (Lipinski definition) is 3. The lowest BCUT2D eigenvalue weighted by Gasteiger charge is -2.38. The Morgan fingerprint density at radius 1 is 1.57 bits per heavy atom. The SMILES string of the molecule is CO[C@@H]1C[C@H]2CCC[C@]23CC(=O)[C@H]1O3. The number of carbonyl (C=O) groups excluding carboxylic acids is 1. The first-order chi connectivity index (χ1) is 6.75. The zero-order chi connectivity index (χ0) is 9.76. The van der Waals surface area contributed by atoms with Crippen LogP contribution < -0.4 is 0 Å². The van der Waals surface area contributed by atoms with Crippen LogP contribution in [-0.4, -0.2) is 30.7 Å². The summed E-state index contributed by atoms with van der Waals surface area (Å²) in [7, 11) is 1.68. The lowest BCUT2D eigenvalue weighted by molar-refractivity contribution is -0.165. The molecule has 2 saturated heterocycles. The maximum atomic E-state index is 11.8. The van der Waals surface area contributed by atoms with Gasteiger partial charge in [-0.2, -0.15) is 0 Å². The Bertz CT molecular complexity index is 276. The highest BCUT2D eigenvalue weighted by atomic mass is 16.6. The van der Waals surface area contributed by atoms with Gasteiger partial charge in [0.2, 0.25) is 0 Å². The van der Waals surface area contributed by atoms with E-state index in [1.807, 2.05) is 0 Å². The summed E-state index contributed by atoms with van der Waals surface area (Å²) in [6.45, 7) is 0. The van der Waals surface area contributed by atoms with Gasteiger partial charge in [0.05, 0.1) is 11.7 Å². The Morgan fingerprint density at radius 3 is 3.21 bits per heavy atom. The van der Waals surface area contributed by atoms with E-state index in [0.29, 0.717) is 12.3 Å². The summed E-state index contributed by atoms with van der Waals surface area (Å²) in [4.78, 5) is 11.8. The van der Waals surface area contributed by atoms with E-state index in [4.69, 9.17) is 9.47 Å². The van der Waals surface area contributed by atoms with Gasteiger partial charge in [-0.25, -0.2) is 0 Å². The highest BCUT2D eigenvalue weighted by Gasteiger charge is 2.59. The molecule has 3 heteroatoms. The molecule has 0 aromatic rings. The highest BCUT2D eigenvalue weighted by molar-refractivity contribution is 5.87. The molecule has 3 rings (SSSR count). The zero-order valence-electron chi connectivity index (χ0n) is 8.49. The second kappa shape index (κ2) is 2.80. The molecule has 78 valence electrons. The van der Waals surface area contributed by atoms with Gasteiger partial charge in [-0.05, 0) is 25.2 Å². The third-order valence-electron chi connectivity index (χ3n) is 4.21. The fourth-order valence-electron chi connectivity index (χ4n) is 3.50. The van der Waals surface area contributed by atoms with Crippen molar-refractivity contribution in [3.8, 4) is 0 Å². The van der Waals surface area contributed by atoms with E-state index < -0.39 is 0 Å². The Hall–Kier alpha value is -0.410. The van der Waals surface area contributed by atoms with Crippen molar-refractivity contribution in [3.63, 3.8) is 0 Å². The molecule has 3 aliphatic rings. The van der Waals surface area contributed by atoms with Crippen molar-refractivity contribution in [3.05, 3.63) is 0 Å². The Balaban J connectivity index is 1.94. The number of carbonyl (C=O) groups is 1. The first-order valence-electron chi connectivity index (χ1n) is 5.48. The molecule has 0 N–H and O–H groups in total. The first-order valence-corrected chi connectivity index (χ1v) is 5.48. The number of rotatable bonds is 1. The van der Waals surface area contributed by atoms with Crippen LogP contribution in [0.1, 0.15) is 32.1 Å². The van der Waals surface area contributed by atoms with E-state index in [1.165, 1.54) is 12.8 Å². The molecule has 1 aliphatic carbocycles. The summed E-state index contributed by atoms with van der Waals surface area (Å²) in [6, 6.07) is 0. The van der Waals surface area contributed by atoms with E-state index in [1.54, 1.807) is 7.11 Å². The summed E-state index contributed by atoms with van der Waals surface area (Å²) in [5, 5.41) is 0. The lowest BCUT2D eigenvalue weighted by atomic mass is 9.85. The summed E-state index contributed by atoms with van der Waals surface area (Å²) in [6.07, 6.45) is 4.92. The Kier molecular flexibility index (Phi) is 1.77. The molecule has 3 nitrogen and oxygen atoms in total. The quantitative estimate of drug-likeness (QED) is 0.634. The van der Waals surface area contributed by atoms with E-state index in [-0.39, 0.29) is 23.6 Å². The van der Waals surface area contributed by atoms with Gasteiger partial charge in [-0.1, -0.05) is 6.42 Å². The minimum Gasteiger partial charge on any atom is -0.378 e. The van der Waals surface area contributed by atoms with Gasteiger partial charge in [-0.15, -0.1) is 0 Å². The average molecular weight is 196 g/mol. The minimum atomic E-state index is -0.255. The monoisotopic (exact) mass is 196 g/mol.